The summed E-state index contributed by atoms with van der Waals surface area (Å²) in [6, 6.07) is 0. The van der Waals surface area contributed by atoms with Crippen molar-refractivity contribution >= 4 is 19.6 Å². The van der Waals surface area contributed by atoms with Gasteiger partial charge in [0, 0.05) is 18.2 Å². The Kier molecular flexibility index (Phi) is 4.41. The third kappa shape index (κ3) is 3.46. The summed E-state index contributed by atoms with van der Waals surface area (Å²) < 4.78 is 19.8. The molecule has 72 valence electrons. The fourth-order valence-corrected chi connectivity index (χ4v) is 1.73. The zero-order valence-corrected chi connectivity index (χ0v) is 8.59. The van der Waals surface area contributed by atoms with Gasteiger partial charge in [0.2, 0.25) is 0 Å². The Morgan fingerprint density at radius 1 is 1.85 bits per heavy atom. The highest BCUT2D eigenvalue weighted by molar-refractivity contribution is 7.30. The average molecular weight is 221 g/mol. The monoisotopic (exact) mass is 221 g/mol. The average Bonchev–Trinajstić information content (AvgIpc) is 2.54. The van der Waals surface area contributed by atoms with E-state index in [1.165, 1.54) is 11.3 Å². The molecule has 0 aliphatic heterocycles. The van der Waals surface area contributed by atoms with Gasteiger partial charge in [0.25, 0.3) is 6.29 Å². The minimum Gasteiger partial charge on any atom is -0.566 e. The van der Waals surface area contributed by atoms with Gasteiger partial charge in [0.1, 0.15) is 0 Å². The van der Waals surface area contributed by atoms with Crippen LogP contribution >= 0.6 is 19.6 Å². The topological polar surface area (TPSA) is 71.5 Å². The van der Waals surface area contributed by atoms with E-state index in [0.29, 0.717) is 11.6 Å². The second-order valence-corrected chi connectivity index (χ2v) is 3.57. The van der Waals surface area contributed by atoms with E-state index in [-0.39, 0.29) is 0 Å². The molecule has 1 rings (SSSR count). The first-order chi connectivity index (χ1) is 6.24. The lowest BCUT2D eigenvalue weighted by atomic mass is 10.6. The maximum atomic E-state index is 10.3. The van der Waals surface area contributed by atoms with Crippen molar-refractivity contribution in [2.24, 2.45) is 0 Å². The summed E-state index contributed by atoms with van der Waals surface area (Å²) in [5.41, 5.74) is 0. The molecule has 0 amide bonds. The molecule has 0 fully saturated rings. The van der Waals surface area contributed by atoms with Crippen LogP contribution in [0.15, 0.2) is 11.6 Å². The Labute approximate surface area is 80.3 Å². The number of hydrogen-bond donors (Lipinski definition) is 0. The van der Waals surface area contributed by atoms with Crippen LogP contribution in [0.3, 0.4) is 0 Å². The fraction of sp³-hybridized carbons (Fsp3) is 0.500. The van der Waals surface area contributed by atoms with Crippen LogP contribution in [-0.2, 0) is 13.8 Å². The molecule has 7 heteroatoms. The highest BCUT2D eigenvalue weighted by atomic mass is 32.1. The van der Waals surface area contributed by atoms with Crippen molar-refractivity contribution in [1.29, 1.82) is 0 Å². The van der Waals surface area contributed by atoms with Gasteiger partial charge >= 0.3 is 8.25 Å². The number of ether oxygens (including phenoxy) is 1. The first-order valence-electron chi connectivity index (χ1n) is 3.56. The molecule has 0 saturated carbocycles. The highest BCUT2D eigenvalue weighted by Gasteiger charge is 2.21. The first kappa shape index (κ1) is 10.7. The maximum Gasteiger partial charge on any atom is 0.491 e. The summed E-state index contributed by atoms with van der Waals surface area (Å²) >= 11 is 1.28. The molecule has 2 unspecified atom stereocenters. The molecule has 0 radical (unpaired) electrons. The van der Waals surface area contributed by atoms with E-state index in [1.54, 1.807) is 18.5 Å². The van der Waals surface area contributed by atoms with Gasteiger partial charge in [-0.3, -0.25) is 0 Å². The van der Waals surface area contributed by atoms with Crippen LogP contribution in [0.5, 0.6) is 0 Å². The summed E-state index contributed by atoms with van der Waals surface area (Å²) in [5, 5.41) is 2.23. The SMILES string of the molecule is CCOC(O[P+](=O)[O-])c1nccs1. The Balaban J connectivity index is 2.62. The number of hydrogen-bond acceptors (Lipinski definition) is 6. The van der Waals surface area contributed by atoms with Crippen molar-refractivity contribution in [2.75, 3.05) is 6.61 Å². The van der Waals surface area contributed by atoms with E-state index in [4.69, 9.17) is 4.74 Å². The van der Waals surface area contributed by atoms with Gasteiger partial charge in [-0.25, -0.2) is 4.98 Å². The Hall–Kier alpha value is -0.390. The fourth-order valence-electron chi connectivity index (χ4n) is 0.727. The summed E-state index contributed by atoms with van der Waals surface area (Å²) in [6.45, 7) is 2.12. The standard InChI is InChI=1S/C6H8NO4PS/c1-2-10-6(11-12(8)9)5-7-3-4-13-5/h3-4,6H,2H2,1H3. The molecule has 0 N–H and O–H groups in total. The van der Waals surface area contributed by atoms with Crippen LogP contribution in [0.1, 0.15) is 18.2 Å². The molecule has 5 nitrogen and oxygen atoms in total. The second kappa shape index (κ2) is 5.36. The summed E-state index contributed by atoms with van der Waals surface area (Å²) in [6.07, 6.45) is 0.666. The number of thiazole rings is 1. The van der Waals surface area contributed by atoms with Gasteiger partial charge < -0.3 is 9.63 Å². The minimum atomic E-state index is -2.91. The van der Waals surface area contributed by atoms with Crippen molar-refractivity contribution in [3.63, 3.8) is 0 Å². The van der Waals surface area contributed by atoms with Crippen LogP contribution in [0.25, 0.3) is 0 Å². The van der Waals surface area contributed by atoms with E-state index in [2.05, 4.69) is 9.51 Å². The van der Waals surface area contributed by atoms with Crippen molar-refractivity contribution in [2.45, 2.75) is 13.2 Å². The summed E-state index contributed by atoms with van der Waals surface area (Å²) in [4.78, 5) is 14.2. The van der Waals surface area contributed by atoms with E-state index >= 15 is 0 Å². The van der Waals surface area contributed by atoms with Crippen LogP contribution in [0, 0.1) is 0 Å². The highest BCUT2D eigenvalue weighted by Crippen LogP contribution is 2.28. The van der Waals surface area contributed by atoms with Gasteiger partial charge in [-0.1, -0.05) is 0 Å². The number of rotatable bonds is 5. The smallest absolute Gasteiger partial charge is 0.491 e. The third-order valence-corrected chi connectivity index (χ3v) is 2.31. The summed E-state index contributed by atoms with van der Waals surface area (Å²) in [5.74, 6) is 0. The van der Waals surface area contributed by atoms with Gasteiger partial charge in [-0.05, 0) is 11.5 Å². The predicted octanol–water partition coefficient (Wildman–Crippen LogP) is 1.21. The number of nitrogens with zero attached hydrogens (tertiary/aromatic N) is 1. The Morgan fingerprint density at radius 2 is 2.62 bits per heavy atom. The molecule has 0 spiro atoms. The van der Waals surface area contributed by atoms with Gasteiger partial charge in [0.15, 0.2) is 5.01 Å². The third-order valence-electron chi connectivity index (χ3n) is 1.15. The zero-order chi connectivity index (χ0) is 9.68. The molecule has 0 aromatic carbocycles. The van der Waals surface area contributed by atoms with Crippen LogP contribution < -0.4 is 4.89 Å². The molecule has 0 saturated heterocycles. The van der Waals surface area contributed by atoms with Gasteiger partial charge in [-0.15, -0.1) is 15.9 Å². The van der Waals surface area contributed by atoms with Crippen LogP contribution in [0.2, 0.25) is 0 Å². The molecular weight excluding hydrogens is 213 g/mol. The first-order valence-corrected chi connectivity index (χ1v) is 5.53. The predicted molar refractivity (Wildman–Crippen MR) is 45.2 cm³/mol. The second-order valence-electron chi connectivity index (χ2n) is 1.99. The molecule has 0 aliphatic carbocycles. The van der Waals surface area contributed by atoms with Gasteiger partial charge in [-0.2, -0.15) is 0 Å². The van der Waals surface area contributed by atoms with Crippen LogP contribution in [-0.4, -0.2) is 11.6 Å². The maximum absolute atomic E-state index is 10.3. The molecular formula is C6H8NO4PS. The quantitative estimate of drug-likeness (QED) is 0.552. The van der Waals surface area contributed by atoms with Crippen molar-refractivity contribution < 1.29 is 18.7 Å². The van der Waals surface area contributed by atoms with Crippen molar-refractivity contribution in [1.82, 2.24) is 4.98 Å². The van der Waals surface area contributed by atoms with Crippen LogP contribution in [0.4, 0.5) is 0 Å². The molecule has 1 aromatic rings. The Bertz CT molecular complexity index is 266. The Morgan fingerprint density at radius 3 is 3.08 bits per heavy atom. The minimum absolute atomic E-state index is 0.368. The lowest BCUT2D eigenvalue weighted by molar-refractivity contribution is -0.207. The molecule has 0 bridgehead atoms. The molecule has 1 heterocycles. The van der Waals surface area contributed by atoms with Gasteiger partial charge in [0.05, 0.1) is 0 Å². The zero-order valence-electron chi connectivity index (χ0n) is 6.87. The lowest BCUT2D eigenvalue weighted by Crippen LogP contribution is -2.07. The lowest BCUT2D eigenvalue weighted by Gasteiger charge is -2.07. The summed E-state index contributed by atoms with van der Waals surface area (Å²) in [7, 11) is -2.91. The number of aromatic nitrogens is 1. The molecule has 13 heavy (non-hydrogen) atoms. The molecule has 0 aliphatic rings. The van der Waals surface area contributed by atoms with Crippen molar-refractivity contribution in [3.8, 4) is 0 Å². The van der Waals surface area contributed by atoms with E-state index < -0.39 is 14.5 Å². The largest absolute Gasteiger partial charge is 0.566 e. The van der Waals surface area contributed by atoms with E-state index in [1.807, 2.05) is 0 Å². The van der Waals surface area contributed by atoms with E-state index in [0.717, 1.165) is 0 Å². The molecule has 2 atom stereocenters. The van der Waals surface area contributed by atoms with Crippen molar-refractivity contribution in [3.05, 3.63) is 16.6 Å². The van der Waals surface area contributed by atoms with E-state index in [9.17, 15) is 9.46 Å². The molecule has 1 aromatic heterocycles. The normalized spacial score (nSPS) is 14.2.